The van der Waals surface area contributed by atoms with Gasteiger partial charge in [-0.15, -0.1) is 0 Å². The monoisotopic (exact) mass is 494 g/mol. The number of benzene rings is 1. The fourth-order valence-electron chi connectivity index (χ4n) is 5.66. The number of aliphatic carboxylic acids is 1. The highest BCUT2D eigenvalue weighted by molar-refractivity contribution is 5.94. The number of carboxylic acids is 1. The Labute approximate surface area is 206 Å². The van der Waals surface area contributed by atoms with Crippen molar-refractivity contribution in [2.45, 2.75) is 43.6 Å². The summed E-state index contributed by atoms with van der Waals surface area (Å²) >= 11 is 0. The number of pyridine rings is 1. The molecule has 0 bridgehead atoms. The second kappa shape index (κ2) is 8.56. The second-order valence-corrected chi connectivity index (χ2v) is 9.75. The minimum atomic E-state index is -1.27. The summed E-state index contributed by atoms with van der Waals surface area (Å²) in [5.74, 6) is -1.31. The van der Waals surface area contributed by atoms with Crippen LogP contribution in [-0.2, 0) is 14.3 Å². The van der Waals surface area contributed by atoms with Crippen LogP contribution in [0, 0.1) is 5.82 Å². The average Bonchev–Trinajstić information content (AvgIpc) is 3.59. The molecule has 1 aromatic carbocycles. The maximum atomic E-state index is 14.4. The predicted molar refractivity (Wildman–Crippen MR) is 129 cm³/mol. The topological polar surface area (TPSA) is 111 Å². The molecular formula is C26H27FN4O5. The molecule has 9 nitrogen and oxygen atoms in total. The molecule has 4 aromatic rings. The summed E-state index contributed by atoms with van der Waals surface area (Å²) < 4.78 is 33.3. The second-order valence-electron chi connectivity index (χ2n) is 9.75. The molecule has 0 amide bonds. The molecule has 2 aliphatic heterocycles. The van der Waals surface area contributed by atoms with Crippen molar-refractivity contribution in [2.24, 2.45) is 0 Å². The molecule has 6 rings (SSSR count). The van der Waals surface area contributed by atoms with Crippen LogP contribution >= 0.6 is 0 Å². The lowest BCUT2D eigenvalue weighted by Crippen LogP contribution is -2.34. The van der Waals surface area contributed by atoms with E-state index >= 15 is 0 Å². The maximum Gasteiger partial charge on any atom is 0.335 e. The van der Waals surface area contributed by atoms with Gasteiger partial charge in [0.2, 0.25) is 0 Å². The Bertz CT molecular complexity index is 1470. The number of carbonyl (C=O) groups is 1. The van der Waals surface area contributed by atoms with Gasteiger partial charge in [0.15, 0.2) is 22.8 Å². The number of aromatic nitrogens is 4. The molecule has 2 aliphatic rings. The van der Waals surface area contributed by atoms with Crippen molar-refractivity contribution in [3.05, 3.63) is 47.5 Å². The zero-order valence-corrected chi connectivity index (χ0v) is 20.1. The quantitative estimate of drug-likeness (QED) is 0.426. The Morgan fingerprint density at radius 1 is 1.28 bits per heavy atom. The Balaban J connectivity index is 1.66. The Hall–Kier alpha value is -3.50. The Kier molecular flexibility index (Phi) is 5.45. The third-order valence-electron chi connectivity index (χ3n) is 7.52. The van der Waals surface area contributed by atoms with Gasteiger partial charge in [0.25, 0.3) is 0 Å². The number of carboxylic acid groups (broad SMARTS) is 1. The first kappa shape index (κ1) is 22.9. The van der Waals surface area contributed by atoms with Gasteiger partial charge in [0, 0.05) is 53.4 Å². The highest BCUT2D eigenvalue weighted by Gasteiger charge is 2.46. The molecule has 3 aromatic heterocycles. The van der Waals surface area contributed by atoms with Crippen LogP contribution in [0.25, 0.3) is 27.8 Å². The SMILES string of the molecule is COc1cc(-n2c(C3CCOCC3)c(C3CO[C@](C)(C(=O)O)C3)c3nc4[nH]ncc4cc32)ccc1F. The minimum absolute atomic E-state index is 0.146. The van der Waals surface area contributed by atoms with Gasteiger partial charge >= 0.3 is 5.97 Å². The Morgan fingerprint density at radius 2 is 2.08 bits per heavy atom. The number of ether oxygens (including phenoxy) is 3. The number of hydrogen-bond acceptors (Lipinski definition) is 6. The highest BCUT2D eigenvalue weighted by Crippen LogP contribution is 2.47. The van der Waals surface area contributed by atoms with Gasteiger partial charge in [0.1, 0.15) is 0 Å². The van der Waals surface area contributed by atoms with Gasteiger partial charge in [-0.2, -0.15) is 5.10 Å². The van der Waals surface area contributed by atoms with E-state index in [2.05, 4.69) is 14.8 Å². The van der Waals surface area contributed by atoms with E-state index in [1.165, 1.54) is 13.2 Å². The van der Waals surface area contributed by atoms with Gasteiger partial charge in [-0.05, 0) is 44.4 Å². The van der Waals surface area contributed by atoms with Gasteiger partial charge in [-0.3, -0.25) is 5.10 Å². The van der Waals surface area contributed by atoms with E-state index in [1.54, 1.807) is 25.3 Å². The number of halogens is 1. The van der Waals surface area contributed by atoms with Crippen molar-refractivity contribution in [1.82, 2.24) is 19.7 Å². The van der Waals surface area contributed by atoms with Crippen molar-refractivity contribution >= 4 is 28.0 Å². The molecule has 5 heterocycles. The van der Waals surface area contributed by atoms with E-state index < -0.39 is 17.4 Å². The number of H-pyrrole nitrogens is 1. The lowest BCUT2D eigenvalue weighted by Gasteiger charge is -2.27. The summed E-state index contributed by atoms with van der Waals surface area (Å²) in [5, 5.41) is 17.8. The van der Waals surface area contributed by atoms with Crippen LogP contribution in [-0.4, -0.2) is 63.4 Å². The number of nitrogens with zero attached hydrogens (tertiary/aromatic N) is 3. The predicted octanol–water partition coefficient (Wildman–Crippen LogP) is 4.29. The van der Waals surface area contributed by atoms with Gasteiger partial charge in [-0.25, -0.2) is 14.2 Å². The van der Waals surface area contributed by atoms with Crippen LogP contribution in [0.3, 0.4) is 0 Å². The minimum Gasteiger partial charge on any atom is -0.494 e. The van der Waals surface area contributed by atoms with Crippen LogP contribution in [0.1, 0.15) is 49.3 Å². The molecule has 0 spiro atoms. The zero-order valence-electron chi connectivity index (χ0n) is 20.1. The molecule has 2 fully saturated rings. The van der Waals surface area contributed by atoms with E-state index in [1.807, 2.05) is 6.07 Å². The molecule has 0 saturated carbocycles. The van der Waals surface area contributed by atoms with Crippen molar-refractivity contribution in [3.8, 4) is 11.4 Å². The number of aromatic amines is 1. The van der Waals surface area contributed by atoms with Crippen LogP contribution < -0.4 is 4.74 Å². The fourth-order valence-corrected chi connectivity index (χ4v) is 5.66. The van der Waals surface area contributed by atoms with Gasteiger partial charge in [-0.1, -0.05) is 0 Å². The summed E-state index contributed by atoms with van der Waals surface area (Å²) in [5.41, 5.74) is 3.74. The van der Waals surface area contributed by atoms with Gasteiger partial charge < -0.3 is 23.9 Å². The highest BCUT2D eigenvalue weighted by atomic mass is 19.1. The number of rotatable bonds is 5. The number of nitrogens with one attached hydrogen (secondary N) is 1. The summed E-state index contributed by atoms with van der Waals surface area (Å²) in [4.78, 5) is 17.0. The van der Waals surface area contributed by atoms with Crippen molar-refractivity contribution in [1.29, 1.82) is 0 Å². The van der Waals surface area contributed by atoms with E-state index in [0.717, 1.165) is 46.2 Å². The summed E-state index contributed by atoms with van der Waals surface area (Å²) in [6.45, 7) is 3.15. The normalized spacial score (nSPS) is 23.0. The molecule has 2 saturated heterocycles. The van der Waals surface area contributed by atoms with E-state index in [9.17, 15) is 14.3 Å². The molecular weight excluding hydrogens is 467 g/mol. The molecule has 10 heteroatoms. The fraction of sp³-hybridized carbons (Fsp3) is 0.423. The molecule has 2 atom stereocenters. The third kappa shape index (κ3) is 3.55. The van der Waals surface area contributed by atoms with Crippen molar-refractivity contribution in [3.63, 3.8) is 0 Å². The maximum absolute atomic E-state index is 14.4. The lowest BCUT2D eigenvalue weighted by molar-refractivity contribution is -0.157. The van der Waals surface area contributed by atoms with Crippen LogP contribution in [0.15, 0.2) is 30.5 Å². The summed E-state index contributed by atoms with van der Waals surface area (Å²) in [6.07, 6.45) is 3.67. The van der Waals surface area contributed by atoms with Gasteiger partial charge in [0.05, 0.1) is 30.9 Å². The first-order chi connectivity index (χ1) is 17.4. The third-order valence-corrected chi connectivity index (χ3v) is 7.52. The number of fused-ring (bicyclic) bond motifs is 2. The first-order valence-electron chi connectivity index (χ1n) is 12.1. The molecule has 188 valence electrons. The smallest absolute Gasteiger partial charge is 0.335 e. The van der Waals surface area contributed by atoms with Crippen molar-refractivity contribution < 1.29 is 28.5 Å². The van der Waals surface area contributed by atoms with E-state index in [4.69, 9.17) is 19.2 Å². The molecule has 0 aliphatic carbocycles. The Morgan fingerprint density at radius 3 is 2.81 bits per heavy atom. The lowest BCUT2D eigenvalue weighted by atomic mass is 9.85. The number of hydrogen-bond donors (Lipinski definition) is 2. The van der Waals surface area contributed by atoms with Crippen LogP contribution in [0.4, 0.5) is 4.39 Å². The average molecular weight is 495 g/mol. The van der Waals surface area contributed by atoms with Crippen LogP contribution in [0.2, 0.25) is 0 Å². The molecule has 0 radical (unpaired) electrons. The summed E-state index contributed by atoms with van der Waals surface area (Å²) in [7, 11) is 1.44. The zero-order chi connectivity index (χ0) is 25.0. The number of methoxy groups -OCH3 is 1. The van der Waals surface area contributed by atoms with Crippen LogP contribution in [0.5, 0.6) is 5.75 Å². The van der Waals surface area contributed by atoms with E-state index in [-0.39, 0.29) is 24.2 Å². The molecule has 36 heavy (non-hydrogen) atoms. The summed E-state index contributed by atoms with van der Waals surface area (Å²) in [6, 6.07) is 6.84. The molecule has 2 N–H and O–H groups in total. The molecule has 1 unspecified atom stereocenters. The largest absolute Gasteiger partial charge is 0.494 e. The van der Waals surface area contributed by atoms with E-state index in [0.29, 0.717) is 25.3 Å². The first-order valence-corrected chi connectivity index (χ1v) is 12.1. The standard InChI is InChI=1S/C26H27FN4O5/c1-26(25(32)33)11-16(13-36-26)21-22-19(9-15-12-28-30-24(15)29-22)31(23(21)14-5-7-35-8-6-14)17-3-4-18(27)20(10-17)34-2/h3-4,9-10,12,14,16H,5-8,11,13H2,1-2H3,(H,32,33)(H,28,29,30)/t16?,26-/m0/s1. The van der Waals surface area contributed by atoms with Crippen molar-refractivity contribution in [2.75, 3.05) is 26.9 Å².